The molecule has 6 nitrogen and oxygen atoms in total. The van der Waals surface area contributed by atoms with Crippen LogP contribution in [0.25, 0.3) is 6.08 Å². The van der Waals surface area contributed by atoms with Crippen LogP contribution >= 0.6 is 0 Å². The molecule has 3 amide bonds. The third-order valence-electron chi connectivity index (χ3n) is 3.34. The van der Waals surface area contributed by atoms with Crippen molar-refractivity contribution < 1.29 is 23.5 Å². The Balaban J connectivity index is 2.15. The number of nitrogens with one attached hydrogen (secondary N) is 2. The predicted molar refractivity (Wildman–Crippen MR) is 93.3 cm³/mol. The molecule has 2 rings (SSSR count). The highest BCUT2D eigenvalue weighted by atomic mass is 19.1. The summed E-state index contributed by atoms with van der Waals surface area (Å²) in [4.78, 5) is 35.7. The average molecular weight is 356 g/mol. The van der Waals surface area contributed by atoms with Crippen LogP contribution in [0, 0.1) is 5.82 Å². The Hall–Kier alpha value is -3.48. The maximum atomic E-state index is 13.6. The van der Waals surface area contributed by atoms with Crippen molar-refractivity contribution in [2.24, 2.45) is 0 Å². The van der Waals surface area contributed by atoms with E-state index in [0.717, 1.165) is 6.08 Å². The summed E-state index contributed by atoms with van der Waals surface area (Å²) in [6, 6.07) is 13.4. The first-order chi connectivity index (χ1) is 12.5. The van der Waals surface area contributed by atoms with Crippen molar-refractivity contribution in [1.29, 1.82) is 0 Å². The van der Waals surface area contributed by atoms with Gasteiger partial charge >= 0.3 is 12.0 Å². The molecule has 2 aromatic carbocycles. The van der Waals surface area contributed by atoms with Gasteiger partial charge in [0.25, 0.3) is 5.91 Å². The Kier molecular flexibility index (Phi) is 6.61. The number of benzene rings is 2. The summed E-state index contributed by atoms with van der Waals surface area (Å²) in [6.45, 7) is 0. The van der Waals surface area contributed by atoms with Crippen molar-refractivity contribution in [2.75, 3.05) is 7.05 Å². The fourth-order valence-corrected chi connectivity index (χ4v) is 2.06. The molecule has 2 N–H and O–H groups in total. The van der Waals surface area contributed by atoms with Crippen molar-refractivity contribution in [1.82, 2.24) is 10.6 Å². The highest BCUT2D eigenvalue weighted by molar-refractivity contribution is 5.98. The molecule has 1 atom stereocenters. The molecular formula is C19H17FN2O4. The lowest BCUT2D eigenvalue weighted by atomic mass is 10.1. The number of carbonyl (C=O) groups is 3. The number of hydrogen-bond donors (Lipinski definition) is 2. The lowest BCUT2D eigenvalue weighted by Gasteiger charge is -2.16. The predicted octanol–water partition coefficient (Wildman–Crippen LogP) is 2.58. The SMILES string of the molecule is CNC(=O)NC(=O)[C@@H](OC(=O)/C=C/c1ccccc1F)c1ccccc1. The van der Waals surface area contributed by atoms with Gasteiger partial charge in [-0.15, -0.1) is 0 Å². The fourth-order valence-electron chi connectivity index (χ4n) is 2.06. The molecule has 0 aromatic heterocycles. The van der Waals surface area contributed by atoms with Crippen LogP contribution in [0.5, 0.6) is 0 Å². The van der Waals surface area contributed by atoms with Gasteiger partial charge in [0, 0.05) is 24.3 Å². The third-order valence-corrected chi connectivity index (χ3v) is 3.34. The second kappa shape index (κ2) is 9.12. The minimum atomic E-state index is -1.33. The Morgan fingerprint density at radius 1 is 1.04 bits per heavy atom. The molecule has 7 heteroatoms. The topological polar surface area (TPSA) is 84.5 Å². The summed E-state index contributed by atoms with van der Waals surface area (Å²) >= 11 is 0. The molecule has 0 aliphatic carbocycles. The first-order valence-electron chi connectivity index (χ1n) is 7.72. The normalized spacial score (nSPS) is 11.6. The lowest BCUT2D eigenvalue weighted by Crippen LogP contribution is -2.41. The van der Waals surface area contributed by atoms with Gasteiger partial charge in [0.2, 0.25) is 6.10 Å². The first-order valence-corrected chi connectivity index (χ1v) is 7.72. The molecule has 0 bridgehead atoms. The first kappa shape index (κ1) is 18.9. The number of halogens is 1. The van der Waals surface area contributed by atoms with E-state index < -0.39 is 29.8 Å². The zero-order valence-electron chi connectivity index (χ0n) is 13.9. The number of hydrogen-bond acceptors (Lipinski definition) is 4. The molecule has 2 aromatic rings. The zero-order valence-corrected chi connectivity index (χ0v) is 13.9. The zero-order chi connectivity index (χ0) is 18.9. The van der Waals surface area contributed by atoms with E-state index in [-0.39, 0.29) is 5.56 Å². The van der Waals surface area contributed by atoms with Crippen molar-refractivity contribution in [2.45, 2.75) is 6.10 Å². The van der Waals surface area contributed by atoms with Crippen LogP contribution in [-0.2, 0) is 14.3 Å². The summed E-state index contributed by atoms with van der Waals surface area (Å²) in [6.07, 6.45) is 0.934. The number of carbonyl (C=O) groups excluding carboxylic acids is 3. The molecule has 0 spiro atoms. The molecule has 0 saturated carbocycles. The van der Waals surface area contributed by atoms with E-state index in [1.165, 1.54) is 31.3 Å². The molecule has 134 valence electrons. The Morgan fingerprint density at radius 2 is 1.69 bits per heavy atom. The highest BCUT2D eigenvalue weighted by Crippen LogP contribution is 2.18. The van der Waals surface area contributed by atoms with E-state index in [9.17, 15) is 18.8 Å². The lowest BCUT2D eigenvalue weighted by molar-refractivity contribution is -0.151. The van der Waals surface area contributed by atoms with Crippen LogP contribution in [0.3, 0.4) is 0 Å². The minimum absolute atomic E-state index is 0.204. The number of amides is 3. The summed E-state index contributed by atoms with van der Waals surface area (Å²) < 4.78 is 18.7. The van der Waals surface area contributed by atoms with Gasteiger partial charge in [-0.3, -0.25) is 10.1 Å². The van der Waals surface area contributed by atoms with E-state index in [1.54, 1.807) is 36.4 Å². The van der Waals surface area contributed by atoms with E-state index in [4.69, 9.17) is 4.74 Å². The van der Waals surface area contributed by atoms with Crippen molar-refractivity contribution in [3.05, 3.63) is 77.6 Å². The van der Waals surface area contributed by atoms with Crippen LogP contribution in [0.2, 0.25) is 0 Å². The summed E-state index contributed by atoms with van der Waals surface area (Å²) in [5.41, 5.74) is 0.595. The maximum absolute atomic E-state index is 13.6. The smallest absolute Gasteiger partial charge is 0.331 e. The molecule has 0 aliphatic heterocycles. The molecule has 0 unspecified atom stereocenters. The van der Waals surface area contributed by atoms with Crippen LogP contribution in [0.15, 0.2) is 60.7 Å². The maximum Gasteiger partial charge on any atom is 0.331 e. The standard InChI is InChI=1S/C19H17FN2O4/c1-21-19(25)22-18(24)17(14-8-3-2-4-9-14)26-16(23)12-11-13-7-5-6-10-15(13)20/h2-12,17H,1H3,(H2,21,22,24,25)/b12-11+/t17-/m0/s1. The highest BCUT2D eigenvalue weighted by Gasteiger charge is 2.25. The van der Waals surface area contributed by atoms with Crippen molar-refractivity contribution in [3.8, 4) is 0 Å². The summed E-state index contributed by atoms with van der Waals surface area (Å²) in [5, 5.41) is 4.31. The molecule has 0 radical (unpaired) electrons. The van der Waals surface area contributed by atoms with Crippen molar-refractivity contribution in [3.63, 3.8) is 0 Å². The Labute approximate surface area is 149 Å². The summed E-state index contributed by atoms with van der Waals surface area (Å²) in [7, 11) is 1.35. The second-order valence-electron chi connectivity index (χ2n) is 5.15. The fraction of sp³-hybridized carbons (Fsp3) is 0.105. The number of urea groups is 1. The number of rotatable bonds is 5. The van der Waals surface area contributed by atoms with Crippen LogP contribution < -0.4 is 10.6 Å². The van der Waals surface area contributed by atoms with Gasteiger partial charge in [0.1, 0.15) is 5.82 Å². The van der Waals surface area contributed by atoms with Gasteiger partial charge in [0.05, 0.1) is 0 Å². The number of imide groups is 1. The Morgan fingerprint density at radius 3 is 2.35 bits per heavy atom. The third kappa shape index (κ3) is 5.27. The van der Waals surface area contributed by atoms with Gasteiger partial charge in [-0.2, -0.15) is 0 Å². The second-order valence-corrected chi connectivity index (χ2v) is 5.15. The van der Waals surface area contributed by atoms with Gasteiger partial charge in [-0.05, 0) is 12.1 Å². The van der Waals surface area contributed by atoms with Crippen LogP contribution in [0.1, 0.15) is 17.2 Å². The largest absolute Gasteiger partial charge is 0.444 e. The number of esters is 1. The van der Waals surface area contributed by atoms with Gasteiger partial charge < -0.3 is 10.1 Å². The molecule has 0 aliphatic rings. The van der Waals surface area contributed by atoms with E-state index in [1.807, 2.05) is 0 Å². The quantitative estimate of drug-likeness (QED) is 0.637. The molecule has 26 heavy (non-hydrogen) atoms. The Bertz CT molecular complexity index is 821. The van der Waals surface area contributed by atoms with Crippen LogP contribution in [-0.4, -0.2) is 25.0 Å². The van der Waals surface area contributed by atoms with Gasteiger partial charge in [0.15, 0.2) is 0 Å². The molecule has 0 saturated heterocycles. The number of ether oxygens (including phenoxy) is 1. The molecule has 0 heterocycles. The monoisotopic (exact) mass is 356 g/mol. The average Bonchev–Trinajstić information content (AvgIpc) is 2.66. The van der Waals surface area contributed by atoms with Gasteiger partial charge in [-0.1, -0.05) is 48.5 Å². The van der Waals surface area contributed by atoms with E-state index in [0.29, 0.717) is 5.56 Å². The van der Waals surface area contributed by atoms with Crippen molar-refractivity contribution >= 4 is 24.0 Å². The van der Waals surface area contributed by atoms with Crippen LogP contribution in [0.4, 0.5) is 9.18 Å². The van der Waals surface area contributed by atoms with E-state index >= 15 is 0 Å². The van der Waals surface area contributed by atoms with E-state index in [2.05, 4.69) is 10.6 Å². The molecule has 0 fully saturated rings. The summed E-state index contributed by atoms with van der Waals surface area (Å²) in [5.74, 6) is -2.15. The minimum Gasteiger partial charge on any atom is -0.444 e. The van der Waals surface area contributed by atoms with Gasteiger partial charge in [-0.25, -0.2) is 14.0 Å². The molecular weight excluding hydrogens is 339 g/mol.